The molecule has 4 heteroatoms. The normalized spacial score (nSPS) is 23.5. The first-order chi connectivity index (χ1) is 13.7. The zero-order valence-corrected chi connectivity index (χ0v) is 18.1. The Hall–Kier alpha value is -0.940. The molecule has 2 aliphatic rings. The van der Waals surface area contributed by atoms with Gasteiger partial charge in [0.25, 0.3) is 0 Å². The molecule has 3 rings (SSSR count). The van der Waals surface area contributed by atoms with Gasteiger partial charge in [-0.2, -0.15) is 0 Å². The summed E-state index contributed by atoms with van der Waals surface area (Å²) in [7, 11) is 0. The molecule has 1 atom stereocenters. The number of piperidine rings is 1. The summed E-state index contributed by atoms with van der Waals surface area (Å²) in [5.41, 5.74) is 1.45. The molecule has 2 fully saturated rings. The van der Waals surface area contributed by atoms with Crippen LogP contribution in [0, 0.1) is 5.92 Å². The number of benzene rings is 1. The number of aliphatic hydroxyl groups excluding tert-OH is 1. The molecule has 1 unspecified atom stereocenters. The van der Waals surface area contributed by atoms with Gasteiger partial charge in [0.15, 0.2) is 0 Å². The minimum atomic E-state index is 0.314. The number of hydrogen-bond acceptors (Lipinski definition) is 4. The van der Waals surface area contributed by atoms with E-state index in [1.807, 2.05) is 0 Å². The second-order valence-electron chi connectivity index (χ2n) is 9.19. The van der Waals surface area contributed by atoms with E-state index in [1.54, 1.807) is 0 Å². The first kappa shape index (κ1) is 21.8. The lowest BCUT2D eigenvalue weighted by Crippen LogP contribution is -2.58. The molecule has 0 aliphatic carbocycles. The number of likely N-dealkylation sites (tertiary alicyclic amines) is 1. The van der Waals surface area contributed by atoms with E-state index >= 15 is 0 Å². The van der Waals surface area contributed by atoms with Crippen molar-refractivity contribution in [3.63, 3.8) is 0 Å². The minimum absolute atomic E-state index is 0.314. The highest BCUT2D eigenvalue weighted by molar-refractivity contribution is 5.14. The Morgan fingerprint density at radius 3 is 2.43 bits per heavy atom. The van der Waals surface area contributed by atoms with Crippen LogP contribution in [0.2, 0.25) is 0 Å². The monoisotopic (exact) mass is 387 g/mol. The summed E-state index contributed by atoms with van der Waals surface area (Å²) in [5, 5.41) is 9.55. The van der Waals surface area contributed by atoms with E-state index in [2.05, 4.69) is 58.9 Å². The maximum absolute atomic E-state index is 9.55. The quantitative estimate of drug-likeness (QED) is 0.705. The molecule has 2 aliphatic heterocycles. The maximum atomic E-state index is 9.55. The Bertz CT molecular complexity index is 542. The SMILES string of the molecule is CC(C)CCN1CCN(C2CCN(CCc3ccccc3)CC2)CC1CCO. The average molecular weight is 388 g/mol. The summed E-state index contributed by atoms with van der Waals surface area (Å²) in [6.07, 6.45) is 5.95. The molecule has 4 nitrogen and oxygen atoms in total. The lowest BCUT2D eigenvalue weighted by atomic mass is 9.98. The smallest absolute Gasteiger partial charge is 0.0446 e. The van der Waals surface area contributed by atoms with E-state index in [0.29, 0.717) is 12.6 Å². The fourth-order valence-electron chi connectivity index (χ4n) is 4.83. The largest absolute Gasteiger partial charge is 0.396 e. The summed E-state index contributed by atoms with van der Waals surface area (Å²) in [6.45, 7) is 13.3. The van der Waals surface area contributed by atoms with Crippen LogP contribution in [0.3, 0.4) is 0 Å². The number of hydrogen-bond donors (Lipinski definition) is 1. The van der Waals surface area contributed by atoms with Crippen LogP contribution in [0.1, 0.15) is 45.1 Å². The summed E-state index contributed by atoms with van der Waals surface area (Å²) in [6, 6.07) is 12.1. The van der Waals surface area contributed by atoms with E-state index in [4.69, 9.17) is 0 Å². The Labute approximate surface area is 172 Å². The van der Waals surface area contributed by atoms with Crippen LogP contribution in [0.25, 0.3) is 0 Å². The summed E-state index contributed by atoms with van der Waals surface area (Å²) >= 11 is 0. The highest BCUT2D eigenvalue weighted by Crippen LogP contribution is 2.22. The van der Waals surface area contributed by atoms with Crippen molar-refractivity contribution in [1.82, 2.24) is 14.7 Å². The van der Waals surface area contributed by atoms with E-state index in [-0.39, 0.29) is 0 Å². The van der Waals surface area contributed by atoms with Gasteiger partial charge in [0, 0.05) is 44.9 Å². The predicted octanol–water partition coefficient (Wildman–Crippen LogP) is 3.11. The number of aliphatic hydroxyl groups is 1. The molecule has 1 aromatic rings. The number of piperazine rings is 1. The van der Waals surface area contributed by atoms with Gasteiger partial charge in [0.05, 0.1) is 0 Å². The van der Waals surface area contributed by atoms with Gasteiger partial charge in [-0.3, -0.25) is 9.80 Å². The van der Waals surface area contributed by atoms with E-state index < -0.39 is 0 Å². The van der Waals surface area contributed by atoms with Crippen molar-refractivity contribution in [2.24, 2.45) is 5.92 Å². The van der Waals surface area contributed by atoms with Crippen LogP contribution in [-0.4, -0.2) is 84.3 Å². The van der Waals surface area contributed by atoms with E-state index in [9.17, 15) is 5.11 Å². The molecule has 0 spiro atoms. The van der Waals surface area contributed by atoms with Gasteiger partial charge in [-0.25, -0.2) is 0 Å². The second-order valence-corrected chi connectivity index (χ2v) is 9.19. The Kier molecular flexibility index (Phi) is 8.78. The van der Waals surface area contributed by atoms with Crippen LogP contribution in [-0.2, 0) is 6.42 Å². The minimum Gasteiger partial charge on any atom is -0.396 e. The maximum Gasteiger partial charge on any atom is 0.0446 e. The molecular formula is C24H41N3O. The van der Waals surface area contributed by atoms with Crippen LogP contribution in [0.4, 0.5) is 0 Å². The predicted molar refractivity (Wildman–Crippen MR) is 118 cm³/mol. The van der Waals surface area contributed by atoms with E-state index in [1.165, 1.54) is 70.5 Å². The molecule has 0 bridgehead atoms. The van der Waals surface area contributed by atoms with Gasteiger partial charge < -0.3 is 10.0 Å². The molecule has 2 heterocycles. The lowest BCUT2D eigenvalue weighted by molar-refractivity contribution is 0.0153. The molecular weight excluding hydrogens is 346 g/mol. The van der Waals surface area contributed by atoms with Gasteiger partial charge in [0.2, 0.25) is 0 Å². The van der Waals surface area contributed by atoms with Gasteiger partial charge in [-0.1, -0.05) is 44.2 Å². The van der Waals surface area contributed by atoms with Crippen molar-refractivity contribution in [1.29, 1.82) is 0 Å². The lowest BCUT2D eigenvalue weighted by Gasteiger charge is -2.46. The van der Waals surface area contributed by atoms with Crippen molar-refractivity contribution in [2.75, 3.05) is 52.4 Å². The molecule has 1 N–H and O–H groups in total. The molecule has 158 valence electrons. The zero-order valence-electron chi connectivity index (χ0n) is 18.1. The summed E-state index contributed by atoms with van der Waals surface area (Å²) in [5.74, 6) is 0.757. The zero-order chi connectivity index (χ0) is 19.8. The number of rotatable bonds is 9. The topological polar surface area (TPSA) is 30.0 Å². The fraction of sp³-hybridized carbons (Fsp3) is 0.750. The average Bonchev–Trinajstić information content (AvgIpc) is 2.72. The van der Waals surface area contributed by atoms with Crippen molar-refractivity contribution in [2.45, 2.75) is 58.0 Å². The second kappa shape index (κ2) is 11.3. The van der Waals surface area contributed by atoms with Crippen LogP contribution < -0.4 is 0 Å². The molecule has 0 aromatic heterocycles. The third-order valence-corrected chi connectivity index (χ3v) is 6.73. The molecule has 2 saturated heterocycles. The Morgan fingerprint density at radius 1 is 1.00 bits per heavy atom. The van der Waals surface area contributed by atoms with Gasteiger partial charge in [-0.05, 0) is 63.2 Å². The molecule has 28 heavy (non-hydrogen) atoms. The molecule has 0 radical (unpaired) electrons. The summed E-state index contributed by atoms with van der Waals surface area (Å²) < 4.78 is 0. The number of nitrogens with zero attached hydrogens (tertiary/aromatic N) is 3. The Balaban J connectivity index is 1.42. The summed E-state index contributed by atoms with van der Waals surface area (Å²) in [4.78, 5) is 8.02. The highest BCUT2D eigenvalue weighted by atomic mass is 16.3. The van der Waals surface area contributed by atoms with Gasteiger partial charge in [-0.15, -0.1) is 0 Å². The third-order valence-electron chi connectivity index (χ3n) is 6.73. The molecule has 0 saturated carbocycles. The molecule has 0 amide bonds. The Morgan fingerprint density at radius 2 is 1.75 bits per heavy atom. The fourth-order valence-corrected chi connectivity index (χ4v) is 4.83. The van der Waals surface area contributed by atoms with Crippen LogP contribution >= 0.6 is 0 Å². The van der Waals surface area contributed by atoms with Crippen LogP contribution in [0.15, 0.2) is 30.3 Å². The first-order valence-electron chi connectivity index (χ1n) is 11.5. The van der Waals surface area contributed by atoms with Crippen LogP contribution in [0.5, 0.6) is 0 Å². The van der Waals surface area contributed by atoms with E-state index in [0.717, 1.165) is 24.9 Å². The molecule has 1 aromatic carbocycles. The van der Waals surface area contributed by atoms with Gasteiger partial charge in [0.1, 0.15) is 0 Å². The third kappa shape index (κ3) is 6.55. The highest BCUT2D eigenvalue weighted by Gasteiger charge is 2.32. The van der Waals surface area contributed by atoms with Crippen molar-refractivity contribution in [3.05, 3.63) is 35.9 Å². The van der Waals surface area contributed by atoms with Crippen molar-refractivity contribution >= 4 is 0 Å². The van der Waals surface area contributed by atoms with Gasteiger partial charge >= 0.3 is 0 Å². The van der Waals surface area contributed by atoms with Crippen molar-refractivity contribution < 1.29 is 5.11 Å². The van der Waals surface area contributed by atoms with Crippen molar-refractivity contribution in [3.8, 4) is 0 Å². The standard InChI is InChI=1S/C24H41N3O/c1-21(2)8-16-26-17-18-27(20-24(26)12-19-28)23-10-14-25(15-11-23)13-9-22-6-4-3-5-7-22/h3-7,21,23-24,28H,8-20H2,1-2H3. The first-order valence-corrected chi connectivity index (χ1v) is 11.5.